The van der Waals surface area contributed by atoms with Crippen LogP contribution < -0.4 is 16.3 Å². The fraction of sp³-hybridized carbons (Fsp3) is 0.308. The molecule has 0 amide bonds. The maximum absolute atomic E-state index is 12.3. The first-order valence-corrected chi connectivity index (χ1v) is 7.01. The van der Waals surface area contributed by atoms with Gasteiger partial charge in [0, 0.05) is 25.4 Å². The first-order valence-electron chi connectivity index (χ1n) is 7.01. The topological polar surface area (TPSA) is 127 Å². The Labute approximate surface area is 131 Å². The highest BCUT2D eigenvalue weighted by molar-refractivity contribution is 6.16. The zero-order chi connectivity index (χ0) is 16.1. The van der Waals surface area contributed by atoms with Gasteiger partial charge in [0.05, 0.1) is 25.6 Å². The number of hydrazone groups is 1. The summed E-state index contributed by atoms with van der Waals surface area (Å²) in [5.74, 6) is 6.17. The second-order valence-corrected chi connectivity index (χ2v) is 4.71. The summed E-state index contributed by atoms with van der Waals surface area (Å²) in [6.45, 7) is 2.82. The minimum Gasteiger partial charge on any atom is -0.378 e. The molecule has 1 aliphatic heterocycles. The number of aliphatic imine (C=N–C) groups is 1. The highest BCUT2D eigenvalue weighted by atomic mass is 16.5. The molecule has 0 aromatic carbocycles. The molecule has 0 bridgehead atoms. The van der Waals surface area contributed by atoms with Gasteiger partial charge >= 0.3 is 0 Å². The summed E-state index contributed by atoms with van der Waals surface area (Å²) in [6.07, 6.45) is 5.54. The average molecular weight is 316 g/mol. The molecule has 0 aliphatic carbocycles. The number of morpholine rings is 1. The van der Waals surface area contributed by atoms with Crippen LogP contribution in [-0.4, -0.2) is 58.5 Å². The molecule has 0 unspecified atom stereocenters. The number of anilines is 1. The van der Waals surface area contributed by atoms with Crippen LogP contribution in [0.4, 0.5) is 11.5 Å². The first-order chi connectivity index (χ1) is 11.3. The van der Waals surface area contributed by atoms with Gasteiger partial charge in [-0.05, 0) is 0 Å². The third kappa shape index (κ3) is 3.26. The van der Waals surface area contributed by atoms with Gasteiger partial charge in [0.25, 0.3) is 5.56 Å². The smallest absolute Gasteiger partial charge is 0.298 e. The lowest BCUT2D eigenvalue weighted by Crippen LogP contribution is -2.36. The van der Waals surface area contributed by atoms with Gasteiger partial charge < -0.3 is 15.5 Å². The number of hydrogen-bond donors (Lipinski definition) is 2. The number of ether oxygens (including phenoxy) is 1. The number of hydrogen-bond acceptors (Lipinski definition) is 8. The van der Waals surface area contributed by atoms with Crippen molar-refractivity contribution in [1.82, 2.24) is 19.7 Å². The number of nitrogens with one attached hydrogen (secondary N) is 1. The monoisotopic (exact) mass is 316 g/mol. The van der Waals surface area contributed by atoms with E-state index in [1.54, 1.807) is 6.07 Å². The lowest BCUT2D eigenvalue weighted by molar-refractivity contribution is 0.122. The van der Waals surface area contributed by atoms with Crippen LogP contribution in [-0.2, 0) is 4.74 Å². The number of rotatable bonds is 4. The zero-order valence-electron chi connectivity index (χ0n) is 12.3. The summed E-state index contributed by atoms with van der Waals surface area (Å²) in [5, 5.41) is 6.11. The Morgan fingerprint density at radius 1 is 1.26 bits per heavy atom. The molecule has 10 heteroatoms. The van der Waals surface area contributed by atoms with E-state index in [1.807, 2.05) is 0 Å². The van der Waals surface area contributed by atoms with Gasteiger partial charge in [0.15, 0.2) is 5.82 Å². The molecule has 1 saturated heterocycles. The van der Waals surface area contributed by atoms with Crippen molar-refractivity contribution in [3.8, 4) is 5.82 Å². The highest BCUT2D eigenvalue weighted by Gasteiger charge is 2.15. The standard InChI is InChI=1S/C13H16N8O2/c14-18-2-1-15-10-8-19-21(13(10)22)12-7-11(16-9-17-12)20-3-5-23-6-4-20/h1-2,7-9,19H,3-6,14H2/b15-1?,18-2-. The van der Waals surface area contributed by atoms with Crippen LogP contribution in [0.1, 0.15) is 0 Å². The van der Waals surface area contributed by atoms with E-state index in [-0.39, 0.29) is 11.2 Å². The van der Waals surface area contributed by atoms with Crippen molar-refractivity contribution in [2.45, 2.75) is 0 Å². The Morgan fingerprint density at radius 2 is 2.04 bits per heavy atom. The lowest BCUT2D eigenvalue weighted by atomic mass is 10.4. The maximum Gasteiger partial charge on any atom is 0.298 e. The predicted molar refractivity (Wildman–Crippen MR) is 85.8 cm³/mol. The SMILES string of the molecule is N/N=C\C=Nc1c[nH]n(-c2cc(N3CCOCC3)ncn2)c1=O. The van der Waals surface area contributed by atoms with Crippen LogP contribution in [0.2, 0.25) is 0 Å². The number of nitrogens with two attached hydrogens (primary N) is 1. The summed E-state index contributed by atoms with van der Waals surface area (Å²) < 4.78 is 6.63. The molecule has 2 aromatic rings. The number of nitrogens with zero attached hydrogens (tertiary/aromatic N) is 6. The van der Waals surface area contributed by atoms with Gasteiger partial charge in [-0.3, -0.25) is 9.89 Å². The van der Waals surface area contributed by atoms with E-state index in [4.69, 9.17) is 10.6 Å². The van der Waals surface area contributed by atoms with E-state index in [9.17, 15) is 4.79 Å². The molecule has 2 aromatic heterocycles. The third-order valence-electron chi connectivity index (χ3n) is 3.32. The van der Waals surface area contributed by atoms with Gasteiger partial charge in [-0.2, -0.15) is 9.78 Å². The molecule has 23 heavy (non-hydrogen) atoms. The van der Waals surface area contributed by atoms with Crippen molar-refractivity contribution in [1.29, 1.82) is 0 Å². The van der Waals surface area contributed by atoms with Gasteiger partial charge in [0.2, 0.25) is 0 Å². The molecule has 120 valence electrons. The van der Waals surface area contributed by atoms with Crippen molar-refractivity contribution in [2.75, 3.05) is 31.2 Å². The van der Waals surface area contributed by atoms with Gasteiger partial charge in [-0.25, -0.2) is 15.0 Å². The van der Waals surface area contributed by atoms with Crippen LogP contribution >= 0.6 is 0 Å². The summed E-state index contributed by atoms with van der Waals surface area (Å²) in [5.41, 5.74) is -0.0882. The molecule has 10 nitrogen and oxygen atoms in total. The Hall–Kier alpha value is -3.01. The van der Waals surface area contributed by atoms with E-state index in [1.165, 1.54) is 29.6 Å². The van der Waals surface area contributed by atoms with E-state index < -0.39 is 0 Å². The summed E-state index contributed by atoms with van der Waals surface area (Å²) in [4.78, 5) is 26.7. The molecule has 0 spiro atoms. The maximum atomic E-state index is 12.3. The molecule has 3 heterocycles. The second kappa shape index (κ2) is 6.83. The molecule has 0 radical (unpaired) electrons. The van der Waals surface area contributed by atoms with Gasteiger partial charge in [-0.15, -0.1) is 0 Å². The summed E-state index contributed by atoms with van der Waals surface area (Å²) >= 11 is 0. The minimum absolute atomic E-state index is 0.233. The second-order valence-electron chi connectivity index (χ2n) is 4.71. The number of aromatic amines is 1. The minimum atomic E-state index is -0.321. The van der Waals surface area contributed by atoms with E-state index in [0.717, 1.165) is 18.9 Å². The Bertz CT molecular complexity index is 772. The van der Waals surface area contributed by atoms with Gasteiger partial charge in [-0.1, -0.05) is 0 Å². The number of H-pyrrole nitrogens is 1. The fourth-order valence-electron chi connectivity index (χ4n) is 2.20. The summed E-state index contributed by atoms with van der Waals surface area (Å²) in [7, 11) is 0. The van der Waals surface area contributed by atoms with Crippen molar-refractivity contribution in [3.63, 3.8) is 0 Å². The Kier molecular flexibility index (Phi) is 4.43. The normalized spacial score (nSPS) is 15.7. The summed E-state index contributed by atoms with van der Waals surface area (Å²) in [6, 6.07) is 1.75. The van der Waals surface area contributed by atoms with Crippen LogP contribution in [0.5, 0.6) is 0 Å². The Morgan fingerprint density at radius 3 is 2.83 bits per heavy atom. The molecule has 3 N–H and O–H groups in total. The fourth-order valence-corrected chi connectivity index (χ4v) is 2.20. The van der Waals surface area contributed by atoms with E-state index in [2.05, 4.69) is 30.1 Å². The lowest BCUT2D eigenvalue weighted by Gasteiger charge is -2.27. The van der Waals surface area contributed by atoms with Crippen LogP contribution in [0.15, 0.2) is 33.5 Å². The third-order valence-corrected chi connectivity index (χ3v) is 3.32. The zero-order valence-corrected chi connectivity index (χ0v) is 12.3. The Balaban J connectivity index is 1.88. The molecule has 3 rings (SSSR count). The molecular formula is C13H16N8O2. The van der Waals surface area contributed by atoms with Crippen molar-refractivity contribution < 1.29 is 4.74 Å². The van der Waals surface area contributed by atoms with Crippen LogP contribution in [0.25, 0.3) is 5.82 Å². The predicted octanol–water partition coefficient (Wildman–Crippen LogP) is -0.561. The number of aromatic nitrogens is 4. The molecule has 1 fully saturated rings. The van der Waals surface area contributed by atoms with Crippen LogP contribution in [0, 0.1) is 0 Å². The molecule has 1 aliphatic rings. The van der Waals surface area contributed by atoms with E-state index >= 15 is 0 Å². The average Bonchev–Trinajstić information content (AvgIpc) is 2.97. The highest BCUT2D eigenvalue weighted by Crippen LogP contribution is 2.14. The van der Waals surface area contributed by atoms with E-state index in [0.29, 0.717) is 19.0 Å². The molecule has 0 saturated carbocycles. The van der Waals surface area contributed by atoms with Gasteiger partial charge in [0.1, 0.15) is 17.8 Å². The molecular weight excluding hydrogens is 300 g/mol. The molecule has 0 atom stereocenters. The first kappa shape index (κ1) is 14.9. The largest absolute Gasteiger partial charge is 0.378 e. The van der Waals surface area contributed by atoms with Crippen molar-refractivity contribution in [2.24, 2.45) is 15.9 Å². The quantitative estimate of drug-likeness (QED) is 0.442. The van der Waals surface area contributed by atoms with Crippen molar-refractivity contribution in [3.05, 3.63) is 28.9 Å². The van der Waals surface area contributed by atoms with Crippen LogP contribution in [0.3, 0.4) is 0 Å². The van der Waals surface area contributed by atoms with Crippen molar-refractivity contribution >= 4 is 23.9 Å².